The summed E-state index contributed by atoms with van der Waals surface area (Å²) in [5, 5.41) is 3.68. The molecule has 1 aromatic rings. The Morgan fingerprint density at radius 3 is 1.83 bits per heavy atom. The lowest BCUT2D eigenvalue weighted by Gasteiger charge is -2.23. The first kappa shape index (κ1) is 15.4. The third-order valence-electron chi connectivity index (χ3n) is 2.97. The Morgan fingerprint density at radius 1 is 0.944 bits per heavy atom. The van der Waals surface area contributed by atoms with Crippen LogP contribution < -0.4 is 5.32 Å². The van der Waals surface area contributed by atoms with Crippen LogP contribution in [0, 0.1) is 11.8 Å². The number of hydrogen-bond donors (Lipinski definition) is 1. The maximum atomic E-state index is 3.68. The van der Waals surface area contributed by atoms with Crippen molar-refractivity contribution in [1.82, 2.24) is 0 Å². The van der Waals surface area contributed by atoms with Gasteiger partial charge in [-0.3, -0.25) is 0 Å². The Balaban J connectivity index is 2.62. The third kappa shape index (κ3) is 5.81. The summed E-state index contributed by atoms with van der Waals surface area (Å²) in [5.41, 5.74) is 1.25. The largest absolute Gasteiger partial charge is 0.382 e. The van der Waals surface area contributed by atoms with Gasteiger partial charge in [0.15, 0.2) is 0 Å². The molecule has 0 spiro atoms. The number of hydrogen-bond acceptors (Lipinski definition) is 2. The monoisotopic (exact) mass is 265 g/mol. The average molecular weight is 265 g/mol. The van der Waals surface area contributed by atoms with E-state index in [0.717, 1.165) is 11.8 Å². The van der Waals surface area contributed by atoms with E-state index in [1.807, 2.05) is 0 Å². The van der Waals surface area contributed by atoms with E-state index in [1.54, 1.807) is 11.8 Å². The summed E-state index contributed by atoms with van der Waals surface area (Å²) in [6.07, 6.45) is 4.59. The predicted octanol–water partition coefficient (Wildman–Crippen LogP) is 5.28. The van der Waals surface area contributed by atoms with Gasteiger partial charge in [-0.15, -0.1) is 11.8 Å². The molecule has 1 aromatic carbocycles. The van der Waals surface area contributed by atoms with Crippen LogP contribution in [0.5, 0.6) is 0 Å². The van der Waals surface area contributed by atoms with Gasteiger partial charge in [-0.1, -0.05) is 27.7 Å². The van der Waals surface area contributed by atoms with Gasteiger partial charge < -0.3 is 5.32 Å². The van der Waals surface area contributed by atoms with Crippen molar-refractivity contribution in [2.75, 3.05) is 11.6 Å². The molecule has 0 atom stereocenters. The van der Waals surface area contributed by atoms with Crippen molar-refractivity contribution in [2.24, 2.45) is 11.8 Å². The van der Waals surface area contributed by atoms with Crippen LogP contribution in [0.4, 0.5) is 5.69 Å². The van der Waals surface area contributed by atoms with Gasteiger partial charge in [0, 0.05) is 16.6 Å². The van der Waals surface area contributed by atoms with Crippen LogP contribution in [0.25, 0.3) is 0 Å². The second-order valence-corrected chi connectivity index (χ2v) is 6.71. The number of benzene rings is 1. The summed E-state index contributed by atoms with van der Waals surface area (Å²) in [6.45, 7) is 9.19. The van der Waals surface area contributed by atoms with Crippen LogP contribution in [0.2, 0.25) is 0 Å². The molecular formula is C16H27NS. The number of nitrogens with one attached hydrogen (secondary N) is 1. The van der Waals surface area contributed by atoms with E-state index < -0.39 is 0 Å². The van der Waals surface area contributed by atoms with Gasteiger partial charge in [-0.25, -0.2) is 0 Å². The fourth-order valence-electron chi connectivity index (χ4n) is 2.28. The maximum Gasteiger partial charge on any atom is 0.0343 e. The molecule has 1 N–H and O–H groups in total. The van der Waals surface area contributed by atoms with E-state index in [-0.39, 0.29) is 0 Å². The van der Waals surface area contributed by atoms with Crippen LogP contribution >= 0.6 is 11.8 Å². The molecule has 0 unspecified atom stereocenters. The van der Waals surface area contributed by atoms with Crippen molar-refractivity contribution in [1.29, 1.82) is 0 Å². The van der Waals surface area contributed by atoms with E-state index in [1.165, 1.54) is 23.4 Å². The molecule has 0 aliphatic heterocycles. The van der Waals surface area contributed by atoms with E-state index >= 15 is 0 Å². The van der Waals surface area contributed by atoms with Crippen molar-refractivity contribution in [3.05, 3.63) is 24.3 Å². The molecule has 0 fully saturated rings. The molecule has 0 amide bonds. The van der Waals surface area contributed by atoms with Gasteiger partial charge in [0.1, 0.15) is 0 Å². The van der Waals surface area contributed by atoms with Gasteiger partial charge in [-0.2, -0.15) is 0 Å². The highest BCUT2D eigenvalue weighted by Gasteiger charge is 2.12. The maximum absolute atomic E-state index is 3.68. The Morgan fingerprint density at radius 2 is 1.44 bits per heavy atom. The van der Waals surface area contributed by atoms with E-state index in [0.29, 0.717) is 6.04 Å². The molecule has 0 aromatic heterocycles. The van der Waals surface area contributed by atoms with Crippen molar-refractivity contribution in [2.45, 2.75) is 51.5 Å². The normalized spacial score (nSPS) is 11.6. The highest BCUT2D eigenvalue weighted by Crippen LogP contribution is 2.21. The number of rotatable bonds is 7. The van der Waals surface area contributed by atoms with Gasteiger partial charge in [-0.05, 0) is 55.2 Å². The zero-order chi connectivity index (χ0) is 13.5. The van der Waals surface area contributed by atoms with Gasteiger partial charge in [0.2, 0.25) is 0 Å². The van der Waals surface area contributed by atoms with Crippen molar-refractivity contribution >= 4 is 17.4 Å². The van der Waals surface area contributed by atoms with E-state index in [9.17, 15) is 0 Å². The van der Waals surface area contributed by atoms with Crippen LogP contribution in [-0.4, -0.2) is 12.3 Å². The zero-order valence-corrected chi connectivity index (χ0v) is 13.2. The lowest BCUT2D eigenvalue weighted by atomic mass is 9.95. The van der Waals surface area contributed by atoms with Gasteiger partial charge in [0.25, 0.3) is 0 Å². The molecule has 0 heterocycles. The summed E-state index contributed by atoms with van der Waals surface area (Å²) in [5.74, 6) is 1.48. The molecule has 0 aliphatic rings. The summed E-state index contributed by atoms with van der Waals surface area (Å²) in [6, 6.07) is 9.35. The Kier molecular flexibility index (Phi) is 6.62. The van der Waals surface area contributed by atoms with Gasteiger partial charge >= 0.3 is 0 Å². The summed E-state index contributed by atoms with van der Waals surface area (Å²) < 4.78 is 0. The highest BCUT2D eigenvalue weighted by atomic mass is 32.2. The Labute approximate surface area is 117 Å². The highest BCUT2D eigenvalue weighted by molar-refractivity contribution is 7.98. The molecule has 0 radical (unpaired) electrons. The zero-order valence-electron chi connectivity index (χ0n) is 12.4. The fourth-order valence-corrected chi connectivity index (χ4v) is 2.68. The number of thioether (sulfide) groups is 1. The average Bonchev–Trinajstić information content (AvgIpc) is 2.28. The summed E-state index contributed by atoms with van der Waals surface area (Å²) >= 11 is 1.79. The third-order valence-corrected chi connectivity index (χ3v) is 3.72. The molecule has 1 nitrogen and oxygen atoms in total. The summed E-state index contributed by atoms with van der Waals surface area (Å²) in [7, 11) is 0. The van der Waals surface area contributed by atoms with Crippen LogP contribution in [0.15, 0.2) is 29.2 Å². The summed E-state index contributed by atoms with van der Waals surface area (Å²) in [4.78, 5) is 1.32. The number of anilines is 1. The molecule has 2 heteroatoms. The Hall–Kier alpha value is -0.630. The quantitative estimate of drug-likeness (QED) is 0.673. The Bertz CT molecular complexity index is 319. The second-order valence-electron chi connectivity index (χ2n) is 5.83. The molecule has 18 heavy (non-hydrogen) atoms. The molecule has 102 valence electrons. The topological polar surface area (TPSA) is 12.0 Å². The minimum Gasteiger partial charge on any atom is -0.382 e. The van der Waals surface area contributed by atoms with Crippen LogP contribution in [0.3, 0.4) is 0 Å². The molecule has 1 rings (SSSR count). The second kappa shape index (κ2) is 7.73. The lowest BCUT2D eigenvalue weighted by molar-refractivity contribution is 0.442. The van der Waals surface area contributed by atoms with E-state index in [2.05, 4.69) is 63.5 Å². The van der Waals surface area contributed by atoms with E-state index in [4.69, 9.17) is 0 Å². The molecule has 0 bridgehead atoms. The lowest BCUT2D eigenvalue weighted by Crippen LogP contribution is -2.23. The molecular weight excluding hydrogens is 238 g/mol. The predicted molar refractivity (Wildman–Crippen MR) is 84.5 cm³/mol. The first-order chi connectivity index (χ1) is 8.51. The smallest absolute Gasteiger partial charge is 0.0343 e. The molecule has 0 saturated carbocycles. The van der Waals surface area contributed by atoms with Crippen molar-refractivity contribution < 1.29 is 0 Å². The van der Waals surface area contributed by atoms with Crippen LogP contribution in [0.1, 0.15) is 40.5 Å². The van der Waals surface area contributed by atoms with Crippen LogP contribution in [-0.2, 0) is 0 Å². The first-order valence-electron chi connectivity index (χ1n) is 6.91. The molecule has 0 aliphatic carbocycles. The minimum atomic E-state index is 0.588. The standard InChI is InChI=1S/C16H27NS/c1-12(2)10-15(11-13(3)4)17-14-6-8-16(18-5)9-7-14/h6-9,12-13,15,17H,10-11H2,1-5H3. The molecule has 0 saturated heterocycles. The van der Waals surface area contributed by atoms with Crippen molar-refractivity contribution in [3.63, 3.8) is 0 Å². The first-order valence-corrected chi connectivity index (χ1v) is 8.14. The minimum absolute atomic E-state index is 0.588. The fraction of sp³-hybridized carbons (Fsp3) is 0.625. The SMILES string of the molecule is CSc1ccc(NC(CC(C)C)CC(C)C)cc1. The van der Waals surface area contributed by atoms with Gasteiger partial charge in [0.05, 0.1) is 0 Å². The van der Waals surface area contributed by atoms with Crippen molar-refractivity contribution in [3.8, 4) is 0 Å².